The van der Waals surface area contributed by atoms with E-state index in [-0.39, 0.29) is 13.4 Å². The number of fused-ring (bicyclic) bond motifs is 16. The monoisotopic (exact) mass is 1230 g/mol. The van der Waals surface area contributed by atoms with E-state index in [0.717, 1.165) is 57.1 Å². The van der Waals surface area contributed by atoms with Crippen LogP contribution in [0.25, 0.3) is 44.5 Å². The lowest BCUT2D eigenvalue weighted by molar-refractivity contribution is 0.486. The minimum absolute atomic E-state index is 0.0351. The molecule has 0 unspecified atom stereocenters. The molecule has 6 aliphatic rings. The van der Waals surface area contributed by atoms with Gasteiger partial charge in [-0.25, -0.2) is 0 Å². The van der Waals surface area contributed by atoms with Crippen LogP contribution in [0, 0.1) is 0 Å². The van der Waals surface area contributed by atoms with Gasteiger partial charge in [0.1, 0.15) is 23.0 Å². The first-order chi connectivity index (χ1) is 46.1. The normalized spacial score (nSPS) is 14.1. The predicted molar refractivity (Wildman–Crippen MR) is 392 cm³/mol. The van der Waals surface area contributed by atoms with E-state index >= 15 is 0 Å². The Hall–Kier alpha value is -10.7. The molecule has 6 aliphatic heterocycles. The Balaban J connectivity index is 0.911. The van der Waals surface area contributed by atoms with E-state index in [0.29, 0.717) is 0 Å². The molecule has 0 saturated carbocycles. The van der Waals surface area contributed by atoms with Gasteiger partial charge in [-0.05, 0) is 148 Å². The van der Waals surface area contributed by atoms with Crippen LogP contribution in [0.3, 0.4) is 0 Å². The molecule has 6 heterocycles. The second kappa shape index (κ2) is 20.7. The summed E-state index contributed by atoms with van der Waals surface area (Å²) in [5.74, 6) is 3.59. The van der Waals surface area contributed by atoms with Gasteiger partial charge in [-0.15, -0.1) is 0 Å². The zero-order chi connectivity index (χ0) is 60.9. The van der Waals surface area contributed by atoms with Gasteiger partial charge in [-0.1, -0.05) is 277 Å². The fourth-order valence-electron chi connectivity index (χ4n) is 16.1. The highest BCUT2D eigenvalue weighted by Gasteiger charge is 2.55. The lowest BCUT2D eigenvalue weighted by Gasteiger charge is -2.50. The van der Waals surface area contributed by atoms with Crippen LogP contribution in [0.1, 0.15) is 0 Å². The average molecular weight is 1240 g/mol. The Bertz CT molecular complexity index is 4790. The van der Waals surface area contributed by atoms with E-state index in [1.165, 1.54) is 118 Å². The molecule has 1 spiro atoms. The quantitative estimate of drug-likeness (QED) is 0.154. The lowest BCUT2D eigenvalue weighted by atomic mass is 9.35. The minimum Gasteiger partial charge on any atom is -0.458 e. The molecule has 20 rings (SSSR count). The third-order valence-corrected chi connectivity index (χ3v) is 27.2. The van der Waals surface area contributed by atoms with Crippen LogP contribution >= 0.6 is 23.5 Å². The van der Waals surface area contributed by atoms with Gasteiger partial charge in [-0.2, -0.15) is 0 Å². The Morgan fingerprint density at radius 3 is 0.892 bits per heavy atom. The molecule has 0 amide bonds. The SMILES string of the molecule is c1ccc(-c2ccc3c(c2)[Si]2(c4cc(-c5ccccc5)ccc4N3c3cc4c5c(c3)Sc3ccccc3B5c3ccccc3O4)c3cc(-c4ccccc4)ccc3N(c3cc4c5c(c3)Sc3ccccc3B5c3ccccc3O4)c3ccc(-c4ccccc4)cc32)cc1. The highest BCUT2D eigenvalue weighted by atomic mass is 32.2. The summed E-state index contributed by atoms with van der Waals surface area (Å²) in [6, 6.07) is 118. The minimum atomic E-state index is -3.71. The summed E-state index contributed by atoms with van der Waals surface area (Å²) in [5.41, 5.74) is 23.5. The summed E-state index contributed by atoms with van der Waals surface area (Å²) in [6.45, 7) is 0.0703. The van der Waals surface area contributed by atoms with Crippen LogP contribution < -0.4 is 72.8 Å². The third-order valence-electron chi connectivity index (χ3n) is 20.1. The molecule has 14 aromatic carbocycles. The number of nitrogens with zero attached hydrogens (tertiary/aromatic N) is 2. The van der Waals surface area contributed by atoms with E-state index in [1.54, 1.807) is 0 Å². The zero-order valence-corrected chi connectivity index (χ0v) is 52.8. The molecular formula is C84H52B2N2O2S2Si. The maximum absolute atomic E-state index is 7.22. The van der Waals surface area contributed by atoms with Crippen LogP contribution in [0.4, 0.5) is 34.1 Å². The largest absolute Gasteiger partial charge is 0.458 e. The molecule has 14 aromatic rings. The van der Waals surface area contributed by atoms with Crippen molar-refractivity contribution in [3.8, 4) is 67.5 Å². The highest BCUT2D eigenvalue weighted by molar-refractivity contribution is 8.00. The second-order valence-corrected chi connectivity index (χ2v) is 30.8. The first-order valence-corrected chi connectivity index (χ1v) is 35.6. The number of benzene rings is 14. The first-order valence-electron chi connectivity index (χ1n) is 31.9. The first kappa shape index (κ1) is 53.0. The van der Waals surface area contributed by atoms with Gasteiger partial charge in [0.15, 0.2) is 8.07 Å². The smallest absolute Gasteiger partial charge is 0.253 e. The van der Waals surface area contributed by atoms with Crippen molar-refractivity contribution < 1.29 is 9.47 Å². The molecule has 0 radical (unpaired) electrons. The van der Waals surface area contributed by atoms with Gasteiger partial charge in [-0.3, -0.25) is 0 Å². The molecule has 93 heavy (non-hydrogen) atoms. The summed E-state index contributed by atoms with van der Waals surface area (Å²) in [7, 11) is -3.71. The van der Waals surface area contributed by atoms with Crippen LogP contribution in [-0.2, 0) is 0 Å². The fraction of sp³-hybridized carbons (Fsp3) is 0. The molecular weight excluding hydrogens is 1180 g/mol. The number of rotatable bonds is 6. The molecule has 0 bridgehead atoms. The van der Waals surface area contributed by atoms with Gasteiger partial charge in [0.2, 0.25) is 0 Å². The number of ether oxygens (including phenoxy) is 2. The maximum Gasteiger partial charge on any atom is 0.253 e. The van der Waals surface area contributed by atoms with E-state index in [2.05, 4.69) is 325 Å². The Labute approximate surface area is 550 Å². The molecule has 0 aromatic heterocycles. The number of hydrogen-bond donors (Lipinski definition) is 0. The fourth-order valence-corrected chi connectivity index (χ4v) is 24.0. The Morgan fingerprint density at radius 1 is 0.247 bits per heavy atom. The van der Waals surface area contributed by atoms with Crippen molar-refractivity contribution in [2.24, 2.45) is 0 Å². The van der Waals surface area contributed by atoms with E-state index in [1.807, 2.05) is 23.5 Å². The maximum atomic E-state index is 7.22. The Kier molecular flexibility index (Phi) is 11.8. The number of hydrogen-bond acceptors (Lipinski definition) is 6. The van der Waals surface area contributed by atoms with E-state index < -0.39 is 8.07 Å². The standard InChI is InChI=1S/C84H52B2N2O2S2Si/c1-5-21-53(22-6-1)57-37-41-67-79(45-57)93(80-46-58(54-23-7-2-8-24-54)38-42-68(80)87(67)61-49-73-83-77(51-61)91-75-35-19-15-31-65(75)85(83)63-29-13-17-33-71(63)89-73)81-47-59(55-25-9-3-10-26-55)39-43-69(81)88(70-44-40-60(48-82(70)93)56-27-11-4-12-28-56)62-50-74-84-78(52-62)92-76-36-20-16-32-66(76)86(84)64-30-14-18-34-72(64)90-74/h1-52H. The van der Waals surface area contributed by atoms with Gasteiger partial charge in [0, 0.05) is 54.5 Å². The average Bonchev–Trinajstić information content (AvgIpc) is 0.673. The van der Waals surface area contributed by atoms with E-state index in [4.69, 9.17) is 9.47 Å². The van der Waals surface area contributed by atoms with Gasteiger partial charge in [0.05, 0.1) is 11.4 Å². The topological polar surface area (TPSA) is 24.9 Å². The van der Waals surface area contributed by atoms with Crippen molar-refractivity contribution in [1.29, 1.82) is 0 Å². The van der Waals surface area contributed by atoms with Crippen molar-refractivity contribution in [1.82, 2.24) is 0 Å². The van der Waals surface area contributed by atoms with Crippen molar-refractivity contribution >= 4 is 133 Å². The van der Waals surface area contributed by atoms with Crippen LogP contribution in [0.5, 0.6) is 23.0 Å². The molecule has 0 saturated heterocycles. The molecule has 0 aliphatic carbocycles. The number of anilines is 6. The summed E-state index contributed by atoms with van der Waals surface area (Å²) >= 11 is 3.72. The van der Waals surface area contributed by atoms with Gasteiger partial charge >= 0.3 is 0 Å². The third kappa shape index (κ3) is 7.97. The molecule has 4 nitrogen and oxygen atoms in total. The van der Waals surface area contributed by atoms with Gasteiger partial charge in [0.25, 0.3) is 13.4 Å². The summed E-state index contributed by atoms with van der Waals surface area (Å²) in [5, 5.41) is 5.23. The highest BCUT2D eigenvalue weighted by Crippen LogP contribution is 2.51. The molecule has 0 N–H and O–H groups in total. The predicted octanol–water partition coefficient (Wildman–Crippen LogP) is 15.5. The van der Waals surface area contributed by atoms with Crippen LogP contribution in [0.2, 0.25) is 0 Å². The number of para-hydroxylation sites is 2. The van der Waals surface area contributed by atoms with Crippen molar-refractivity contribution in [2.45, 2.75) is 19.6 Å². The zero-order valence-electron chi connectivity index (χ0n) is 50.2. The van der Waals surface area contributed by atoms with E-state index in [9.17, 15) is 0 Å². The molecule has 432 valence electrons. The van der Waals surface area contributed by atoms with Crippen LogP contribution in [0.15, 0.2) is 335 Å². The second-order valence-electron chi connectivity index (χ2n) is 24.9. The van der Waals surface area contributed by atoms with Crippen molar-refractivity contribution in [2.75, 3.05) is 9.80 Å². The van der Waals surface area contributed by atoms with Gasteiger partial charge < -0.3 is 19.3 Å². The molecule has 0 atom stereocenters. The molecule has 0 fully saturated rings. The summed E-state index contributed by atoms with van der Waals surface area (Å²) < 4.78 is 14.4. The lowest BCUT2D eigenvalue weighted by Crippen LogP contribution is -2.79. The summed E-state index contributed by atoms with van der Waals surface area (Å²) in [4.78, 5) is 10.1. The van der Waals surface area contributed by atoms with Crippen molar-refractivity contribution in [3.05, 3.63) is 315 Å². The Morgan fingerprint density at radius 2 is 0.548 bits per heavy atom. The van der Waals surface area contributed by atoms with Crippen molar-refractivity contribution in [3.63, 3.8) is 0 Å². The molecule has 9 heteroatoms. The van der Waals surface area contributed by atoms with Crippen LogP contribution in [-0.4, -0.2) is 21.5 Å². The summed E-state index contributed by atoms with van der Waals surface area (Å²) in [6.07, 6.45) is 0.